The summed E-state index contributed by atoms with van der Waals surface area (Å²) in [6, 6.07) is 2.76. The summed E-state index contributed by atoms with van der Waals surface area (Å²) < 4.78 is 41.3. The molecular formula is C20H30FN5O5S. The number of nitrogens with zero attached hydrogens (tertiary/aromatic N) is 4. The maximum atomic E-state index is 13.6. The molecule has 0 spiro atoms. The van der Waals surface area contributed by atoms with E-state index < -0.39 is 28.4 Å². The molecule has 3 aliphatic rings. The number of aromatic nitrogens is 1. The average molecular weight is 472 g/mol. The lowest BCUT2D eigenvalue weighted by Crippen LogP contribution is -2.69. The van der Waals surface area contributed by atoms with Crippen LogP contribution in [0.25, 0.3) is 0 Å². The van der Waals surface area contributed by atoms with E-state index in [0.29, 0.717) is 64.5 Å². The van der Waals surface area contributed by atoms with E-state index in [4.69, 9.17) is 9.47 Å². The first-order chi connectivity index (χ1) is 15.5. The monoisotopic (exact) mass is 471 g/mol. The smallest absolute Gasteiger partial charge is 0.266 e. The van der Waals surface area contributed by atoms with Crippen LogP contribution in [0.5, 0.6) is 5.88 Å². The van der Waals surface area contributed by atoms with Gasteiger partial charge in [-0.3, -0.25) is 14.9 Å². The zero-order valence-electron chi connectivity index (χ0n) is 18.1. The number of halogens is 1. The van der Waals surface area contributed by atoms with Crippen molar-refractivity contribution in [1.82, 2.24) is 24.0 Å². The van der Waals surface area contributed by atoms with Crippen LogP contribution in [-0.2, 0) is 20.7 Å². The predicted octanol–water partition coefficient (Wildman–Crippen LogP) is 0.313. The summed E-state index contributed by atoms with van der Waals surface area (Å²) in [5, 5.41) is 9.44. The van der Waals surface area contributed by atoms with Crippen LogP contribution in [0, 0.1) is 5.82 Å². The van der Waals surface area contributed by atoms with Crippen molar-refractivity contribution in [3.63, 3.8) is 0 Å². The molecule has 3 saturated heterocycles. The Labute approximate surface area is 189 Å². The van der Waals surface area contributed by atoms with Crippen molar-refractivity contribution in [3.05, 3.63) is 24.1 Å². The molecule has 1 aromatic heterocycles. The summed E-state index contributed by atoms with van der Waals surface area (Å²) in [7, 11) is 1.63. The van der Waals surface area contributed by atoms with E-state index >= 15 is 0 Å². The molecule has 10 nitrogen and oxygen atoms in total. The number of ether oxygens (including phenoxy) is 2. The van der Waals surface area contributed by atoms with E-state index in [-0.39, 0.29) is 12.1 Å². The lowest BCUT2D eigenvalue weighted by molar-refractivity contribution is -0.141. The SMILES string of the molecule is COCCN1CC2CCC(C(=O)NO)(C1)N2S(=O)N1CCC(Oc2ccc(F)cn2)CC1. The minimum Gasteiger partial charge on any atom is -0.474 e. The molecule has 0 radical (unpaired) electrons. The van der Waals surface area contributed by atoms with Gasteiger partial charge in [0.2, 0.25) is 5.88 Å². The van der Waals surface area contributed by atoms with Crippen molar-refractivity contribution in [2.24, 2.45) is 0 Å². The van der Waals surface area contributed by atoms with Crippen LogP contribution < -0.4 is 10.2 Å². The van der Waals surface area contributed by atoms with E-state index in [0.717, 1.165) is 12.6 Å². The van der Waals surface area contributed by atoms with Crippen LogP contribution in [0.2, 0.25) is 0 Å². The summed E-state index contributed by atoms with van der Waals surface area (Å²) in [6.45, 7) is 3.38. The van der Waals surface area contributed by atoms with E-state index in [9.17, 15) is 18.6 Å². The maximum Gasteiger partial charge on any atom is 0.266 e. The summed E-state index contributed by atoms with van der Waals surface area (Å²) >= 11 is -1.52. The number of hydroxylamine groups is 1. The number of fused-ring (bicyclic) bond motifs is 2. The van der Waals surface area contributed by atoms with Crippen LogP contribution in [0.4, 0.5) is 4.39 Å². The van der Waals surface area contributed by atoms with Gasteiger partial charge >= 0.3 is 0 Å². The molecule has 0 saturated carbocycles. The van der Waals surface area contributed by atoms with E-state index in [1.165, 1.54) is 12.1 Å². The molecule has 1 amide bonds. The first-order valence-corrected chi connectivity index (χ1v) is 11.9. The zero-order valence-corrected chi connectivity index (χ0v) is 18.9. The van der Waals surface area contributed by atoms with Gasteiger partial charge in [-0.15, -0.1) is 0 Å². The number of pyridine rings is 1. The number of nitrogens with one attached hydrogen (secondary N) is 1. The molecule has 178 valence electrons. The van der Waals surface area contributed by atoms with Gasteiger partial charge in [0.1, 0.15) is 17.5 Å². The molecule has 2 bridgehead atoms. The number of hydrogen-bond acceptors (Lipinski definition) is 7. The number of amides is 1. The number of carbonyl (C=O) groups is 1. The van der Waals surface area contributed by atoms with Crippen LogP contribution in [-0.4, -0.2) is 97.9 Å². The van der Waals surface area contributed by atoms with Crippen LogP contribution in [0.15, 0.2) is 18.3 Å². The number of piperazine rings is 1. The number of methoxy groups -OCH3 is 1. The molecule has 3 aliphatic heterocycles. The molecule has 0 aromatic carbocycles. The Balaban J connectivity index is 1.41. The Bertz CT molecular complexity index is 825. The zero-order chi connectivity index (χ0) is 22.7. The molecule has 12 heteroatoms. The first kappa shape index (κ1) is 23.5. The largest absolute Gasteiger partial charge is 0.474 e. The quantitative estimate of drug-likeness (QED) is 0.415. The van der Waals surface area contributed by atoms with Gasteiger partial charge in [0.25, 0.3) is 5.91 Å². The topological polar surface area (TPSA) is 107 Å². The minimum absolute atomic E-state index is 0.0453. The van der Waals surface area contributed by atoms with Gasteiger partial charge < -0.3 is 9.47 Å². The van der Waals surface area contributed by atoms with Crippen molar-refractivity contribution >= 4 is 17.1 Å². The molecule has 3 atom stereocenters. The third kappa shape index (κ3) is 4.66. The van der Waals surface area contributed by atoms with Gasteiger partial charge in [-0.25, -0.2) is 23.4 Å². The van der Waals surface area contributed by atoms with Crippen LogP contribution in [0.3, 0.4) is 0 Å². The lowest BCUT2D eigenvalue weighted by Gasteiger charge is -2.48. The fourth-order valence-corrected chi connectivity index (χ4v) is 6.65. The Morgan fingerprint density at radius 3 is 2.81 bits per heavy atom. The molecule has 4 rings (SSSR count). The summed E-state index contributed by atoms with van der Waals surface area (Å²) in [5.41, 5.74) is 0.771. The second-order valence-corrected chi connectivity index (χ2v) is 9.88. The van der Waals surface area contributed by atoms with Gasteiger partial charge in [0.05, 0.1) is 12.8 Å². The molecule has 4 heterocycles. The van der Waals surface area contributed by atoms with Gasteiger partial charge in [-0.2, -0.15) is 4.31 Å². The second-order valence-electron chi connectivity index (χ2n) is 8.51. The lowest BCUT2D eigenvalue weighted by atomic mass is 9.96. The number of rotatable bonds is 8. The number of hydrogen-bond donors (Lipinski definition) is 2. The summed E-state index contributed by atoms with van der Waals surface area (Å²) in [4.78, 5) is 18.8. The molecule has 2 N–H and O–H groups in total. The second kappa shape index (κ2) is 10.1. The van der Waals surface area contributed by atoms with Crippen molar-refractivity contribution in [1.29, 1.82) is 0 Å². The fourth-order valence-electron chi connectivity index (χ4n) is 4.92. The number of carbonyl (C=O) groups excluding carboxylic acids is 1. The Morgan fingerprint density at radius 1 is 1.38 bits per heavy atom. The molecule has 0 aliphatic carbocycles. The highest BCUT2D eigenvalue weighted by atomic mass is 32.2. The highest BCUT2D eigenvalue weighted by Gasteiger charge is 2.59. The average Bonchev–Trinajstić information content (AvgIpc) is 3.06. The third-order valence-electron chi connectivity index (χ3n) is 6.51. The number of likely N-dealkylation sites (tertiary alicyclic amines) is 1. The fraction of sp³-hybridized carbons (Fsp3) is 0.700. The summed E-state index contributed by atoms with van der Waals surface area (Å²) in [5.74, 6) is -0.564. The highest BCUT2D eigenvalue weighted by Crippen LogP contribution is 2.41. The minimum atomic E-state index is -1.52. The predicted molar refractivity (Wildman–Crippen MR) is 113 cm³/mol. The first-order valence-electron chi connectivity index (χ1n) is 10.9. The van der Waals surface area contributed by atoms with E-state index in [1.807, 2.05) is 9.79 Å². The Hall–Kier alpha value is -1.70. The third-order valence-corrected chi connectivity index (χ3v) is 8.30. The van der Waals surface area contributed by atoms with Gasteiger partial charge in [0, 0.05) is 51.9 Å². The summed E-state index contributed by atoms with van der Waals surface area (Å²) in [6.07, 6.45) is 3.57. The van der Waals surface area contributed by atoms with E-state index in [2.05, 4.69) is 9.88 Å². The van der Waals surface area contributed by atoms with Crippen LogP contribution >= 0.6 is 0 Å². The normalized spacial score (nSPS) is 28.5. The standard InChI is InChI=1S/C20H30FN5O5S/c1-30-11-10-24-13-16-4-7-20(14-24,19(27)23-28)26(16)32(29)25-8-5-17(6-9-25)31-18-3-2-15(21)12-22-18/h2-3,12,16-17,28H,4-11,13-14H2,1H3,(H,23,27). The highest BCUT2D eigenvalue weighted by molar-refractivity contribution is 7.80. The van der Waals surface area contributed by atoms with Gasteiger partial charge in [-0.1, -0.05) is 0 Å². The maximum absolute atomic E-state index is 13.6. The molecule has 1 aromatic rings. The Morgan fingerprint density at radius 2 is 2.16 bits per heavy atom. The molecule has 3 unspecified atom stereocenters. The van der Waals surface area contributed by atoms with Gasteiger partial charge in [0.15, 0.2) is 11.2 Å². The number of piperidine rings is 1. The van der Waals surface area contributed by atoms with Crippen molar-refractivity contribution in [3.8, 4) is 5.88 Å². The van der Waals surface area contributed by atoms with Crippen molar-refractivity contribution in [2.45, 2.75) is 43.4 Å². The van der Waals surface area contributed by atoms with Crippen LogP contribution in [0.1, 0.15) is 25.7 Å². The molecule has 32 heavy (non-hydrogen) atoms. The molecule has 3 fully saturated rings. The Kier molecular flexibility index (Phi) is 7.37. The van der Waals surface area contributed by atoms with E-state index in [1.54, 1.807) is 11.4 Å². The molecular weight excluding hydrogens is 441 g/mol. The van der Waals surface area contributed by atoms with Crippen molar-refractivity contribution in [2.75, 3.05) is 46.4 Å². The van der Waals surface area contributed by atoms with Gasteiger partial charge in [-0.05, 0) is 31.7 Å². The van der Waals surface area contributed by atoms with Crippen molar-refractivity contribution < 1.29 is 28.1 Å².